The Morgan fingerprint density at radius 2 is 2.15 bits per heavy atom. The van der Waals surface area contributed by atoms with Crippen molar-refractivity contribution >= 4 is 17.5 Å². The van der Waals surface area contributed by atoms with Crippen molar-refractivity contribution in [2.24, 2.45) is 5.73 Å². The van der Waals surface area contributed by atoms with Crippen LogP contribution in [0.5, 0.6) is 0 Å². The topological polar surface area (TPSA) is 95.7 Å². The Hall–Kier alpha value is -1.92. The monoisotopic (exact) mass is 277 g/mol. The molecule has 6 nitrogen and oxygen atoms in total. The number of anilines is 1. The fourth-order valence-electron chi connectivity index (χ4n) is 2.37. The predicted octanol–water partition coefficient (Wildman–Crippen LogP) is 0.181. The van der Waals surface area contributed by atoms with Gasteiger partial charge in [0.15, 0.2) is 0 Å². The van der Waals surface area contributed by atoms with Gasteiger partial charge in [-0.15, -0.1) is 0 Å². The summed E-state index contributed by atoms with van der Waals surface area (Å²) in [6.45, 7) is 3.09. The second-order valence-electron chi connectivity index (χ2n) is 5.42. The Labute approximate surface area is 117 Å². The third-order valence-electron chi connectivity index (χ3n) is 3.36. The summed E-state index contributed by atoms with van der Waals surface area (Å²) in [7, 11) is 0. The third-order valence-corrected chi connectivity index (χ3v) is 3.36. The lowest BCUT2D eigenvalue weighted by Crippen LogP contribution is -2.35. The SMILES string of the molecule is CC1(O)CCN(CC(=O)Nc2ccccc2C(N)=O)C1. The van der Waals surface area contributed by atoms with Crippen molar-refractivity contribution in [1.29, 1.82) is 0 Å². The number of hydrogen-bond acceptors (Lipinski definition) is 4. The molecule has 1 fully saturated rings. The van der Waals surface area contributed by atoms with Crippen LogP contribution in [0.15, 0.2) is 24.3 Å². The van der Waals surface area contributed by atoms with Gasteiger partial charge in [-0.05, 0) is 25.5 Å². The molecule has 1 atom stereocenters. The lowest BCUT2D eigenvalue weighted by atomic mass is 10.1. The second-order valence-corrected chi connectivity index (χ2v) is 5.42. The van der Waals surface area contributed by atoms with Crippen LogP contribution in [0.1, 0.15) is 23.7 Å². The van der Waals surface area contributed by atoms with Crippen LogP contribution in [0, 0.1) is 0 Å². The number of β-amino-alcohol motifs (C(OH)–C–C–N with tert-alkyl or cyclic N) is 1. The molecule has 2 rings (SSSR count). The number of primary amides is 1. The van der Waals surface area contributed by atoms with E-state index in [9.17, 15) is 14.7 Å². The van der Waals surface area contributed by atoms with Gasteiger partial charge >= 0.3 is 0 Å². The quantitative estimate of drug-likeness (QED) is 0.731. The van der Waals surface area contributed by atoms with Crippen LogP contribution in [0.4, 0.5) is 5.69 Å². The minimum Gasteiger partial charge on any atom is -0.389 e. The van der Waals surface area contributed by atoms with Gasteiger partial charge in [-0.1, -0.05) is 12.1 Å². The molecule has 0 aliphatic carbocycles. The Balaban J connectivity index is 1.97. The van der Waals surface area contributed by atoms with Crippen LogP contribution in [-0.4, -0.2) is 47.1 Å². The predicted molar refractivity (Wildman–Crippen MR) is 75.3 cm³/mol. The molecule has 4 N–H and O–H groups in total. The van der Waals surface area contributed by atoms with Crippen LogP contribution in [0.25, 0.3) is 0 Å². The van der Waals surface area contributed by atoms with Gasteiger partial charge in [-0.25, -0.2) is 0 Å². The minimum atomic E-state index is -0.731. The van der Waals surface area contributed by atoms with Crippen molar-refractivity contribution in [3.8, 4) is 0 Å². The molecule has 108 valence electrons. The molecular weight excluding hydrogens is 258 g/mol. The first kappa shape index (κ1) is 14.5. The molecule has 1 aromatic rings. The largest absolute Gasteiger partial charge is 0.389 e. The molecule has 0 bridgehead atoms. The number of nitrogens with one attached hydrogen (secondary N) is 1. The molecule has 0 aromatic heterocycles. The van der Waals surface area contributed by atoms with E-state index in [0.29, 0.717) is 25.2 Å². The summed E-state index contributed by atoms with van der Waals surface area (Å²) in [4.78, 5) is 25.1. The highest BCUT2D eigenvalue weighted by atomic mass is 16.3. The lowest BCUT2D eigenvalue weighted by Gasteiger charge is -2.18. The molecule has 1 aliphatic rings. The Morgan fingerprint density at radius 3 is 2.75 bits per heavy atom. The third kappa shape index (κ3) is 3.55. The number of hydrogen-bond donors (Lipinski definition) is 3. The number of carbonyl (C=O) groups is 2. The normalized spacial score (nSPS) is 22.7. The average Bonchev–Trinajstić information content (AvgIpc) is 2.68. The zero-order chi connectivity index (χ0) is 14.8. The minimum absolute atomic E-state index is 0.184. The maximum Gasteiger partial charge on any atom is 0.250 e. The van der Waals surface area contributed by atoms with E-state index in [0.717, 1.165) is 0 Å². The van der Waals surface area contributed by atoms with E-state index in [1.54, 1.807) is 31.2 Å². The van der Waals surface area contributed by atoms with E-state index >= 15 is 0 Å². The molecule has 1 saturated heterocycles. The van der Waals surface area contributed by atoms with Gasteiger partial charge in [-0.2, -0.15) is 0 Å². The van der Waals surface area contributed by atoms with Crippen LogP contribution >= 0.6 is 0 Å². The highest BCUT2D eigenvalue weighted by Crippen LogP contribution is 2.20. The molecule has 2 amide bonds. The molecule has 0 radical (unpaired) electrons. The number of amides is 2. The number of nitrogens with zero attached hydrogens (tertiary/aromatic N) is 1. The van der Waals surface area contributed by atoms with E-state index < -0.39 is 11.5 Å². The van der Waals surface area contributed by atoms with Crippen LogP contribution in [0.2, 0.25) is 0 Å². The molecular formula is C14H19N3O3. The molecule has 0 spiro atoms. The van der Waals surface area contributed by atoms with E-state index in [1.807, 2.05) is 4.90 Å². The molecule has 1 unspecified atom stereocenters. The summed E-state index contributed by atoms with van der Waals surface area (Å²) < 4.78 is 0. The number of likely N-dealkylation sites (tertiary alicyclic amines) is 1. The number of benzene rings is 1. The zero-order valence-corrected chi connectivity index (χ0v) is 11.4. The lowest BCUT2D eigenvalue weighted by molar-refractivity contribution is -0.117. The summed E-state index contributed by atoms with van der Waals surface area (Å²) in [6, 6.07) is 6.62. The molecule has 1 heterocycles. The van der Waals surface area contributed by atoms with Crippen molar-refractivity contribution in [1.82, 2.24) is 4.90 Å². The Kier molecular flexibility index (Phi) is 4.06. The van der Waals surface area contributed by atoms with Crippen LogP contribution < -0.4 is 11.1 Å². The molecule has 20 heavy (non-hydrogen) atoms. The van der Waals surface area contributed by atoms with E-state index in [1.165, 1.54) is 0 Å². The average molecular weight is 277 g/mol. The number of aliphatic hydroxyl groups is 1. The maximum absolute atomic E-state index is 12.0. The Morgan fingerprint density at radius 1 is 1.45 bits per heavy atom. The van der Waals surface area contributed by atoms with Crippen molar-refractivity contribution < 1.29 is 14.7 Å². The first-order chi connectivity index (χ1) is 9.37. The smallest absolute Gasteiger partial charge is 0.250 e. The fraction of sp³-hybridized carbons (Fsp3) is 0.429. The first-order valence-corrected chi connectivity index (χ1v) is 6.51. The number of carbonyl (C=O) groups excluding carboxylic acids is 2. The van der Waals surface area contributed by atoms with Crippen LogP contribution in [0.3, 0.4) is 0 Å². The molecule has 1 aliphatic heterocycles. The van der Waals surface area contributed by atoms with Gasteiger partial charge in [0.1, 0.15) is 0 Å². The van der Waals surface area contributed by atoms with Gasteiger partial charge in [0.25, 0.3) is 5.91 Å². The maximum atomic E-state index is 12.0. The molecule has 1 aromatic carbocycles. The number of para-hydroxylation sites is 1. The first-order valence-electron chi connectivity index (χ1n) is 6.51. The van der Waals surface area contributed by atoms with Gasteiger partial charge in [0.2, 0.25) is 5.91 Å². The van der Waals surface area contributed by atoms with Crippen molar-refractivity contribution in [3.05, 3.63) is 29.8 Å². The summed E-state index contributed by atoms with van der Waals surface area (Å²) >= 11 is 0. The summed E-state index contributed by atoms with van der Waals surface area (Å²) in [5, 5.41) is 12.5. The fourth-order valence-corrected chi connectivity index (χ4v) is 2.37. The van der Waals surface area contributed by atoms with Gasteiger partial charge in [0.05, 0.1) is 23.4 Å². The summed E-state index contributed by atoms with van der Waals surface area (Å²) in [6.07, 6.45) is 0.651. The van der Waals surface area contributed by atoms with Gasteiger partial charge < -0.3 is 16.2 Å². The zero-order valence-electron chi connectivity index (χ0n) is 11.4. The highest BCUT2D eigenvalue weighted by Gasteiger charge is 2.32. The van der Waals surface area contributed by atoms with Crippen molar-refractivity contribution in [2.75, 3.05) is 25.0 Å². The molecule has 6 heteroatoms. The van der Waals surface area contributed by atoms with E-state index in [2.05, 4.69) is 5.32 Å². The standard InChI is InChI=1S/C14H19N3O3/c1-14(20)6-7-17(9-14)8-12(18)16-11-5-3-2-4-10(11)13(15)19/h2-5,20H,6-9H2,1H3,(H2,15,19)(H,16,18). The van der Waals surface area contributed by atoms with Gasteiger partial charge in [0, 0.05) is 13.1 Å². The van der Waals surface area contributed by atoms with E-state index in [4.69, 9.17) is 5.73 Å². The summed E-state index contributed by atoms with van der Waals surface area (Å²) in [5.41, 5.74) is 5.22. The van der Waals surface area contributed by atoms with Crippen molar-refractivity contribution in [2.45, 2.75) is 18.9 Å². The number of nitrogens with two attached hydrogens (primary N) is 1. The second kappa shape index (κ2) is 5.60. The molecule has 0 saturated carbocycles. The van der Waals surface area contributed by atoms with Crippen molar-refractivity contribution in [3.63, 3.8) is 0 Å². The van der Waals surface area contributed by atoms with E-state index in [-0.39, 0.29) is 18.0 Å². The van der Waals surface area contributed by atoms with Crippen LogP contribution in [-0.2, 0) is 4.79 Å². The summed E-state index contributed by atoms with van der Waals surface area (Å²) in [5.74, 6) is -0.804. The van der Waals surface area contributed by atoms with Gasteiger partial charge in [-0.3, -0.25) is 14.5 Å². The number of rotatable bonds is 4. The Bertz CT molecular complexity index is 528. The highest BCUT2D eigenvalue weighted by molar-refractivity contribution is 6.03.